The fourth-order valence-electron chi connectivity index (χ4n) is 3.66. The molecule has 0 aromatic heterocycles. The average molecular weight is 331 g/mol. The highest BCUT2D eigenvalue weighted by Crippen LogP contribution is 2.35. The number of nitrogens with one attached hydrogen (secondary N) is 1. The number of carbonyl (C=O) groups excluding carboxylic acids is 1. The zero-order valence-corrected chi connectivity index (χ0v) is 14.6. The number of aryl methyl sites for hydroxylation is 3. The first-order valence-corrected chi connectivity index (χ1v) is 8.75. The summed E-state index contributed by atoms with van der Waals surface area (Å²) in [5.74, 6) is 0.731. The Kier molecular flexibility index (Phi) is 3.92. The summed E-state index contributed by atoms with van der Waals surface area (Å²) in [5.41, 5.74) is 5.24. The van der Waals surface area contributed by atoms with Gasteiger partial charge < -0.3 is 10.1 Å². The van der Waals surface area contributed by atoms with E-state index in [2.05, 4.69) is 29.6 Å². The van der Waals surface area contributed by atoms with Crippen LogP contribution in [-0.2, 0) is 12.8 Å². The quantitative estimate of drug-likeness (QED) is 0.738. The molecule has 25 heavy (non-hydrogen) atoms. The summed E-state index contributed by atoms with van der Waals surface area (Å²) in [6.07, 6.45) is 2.17. The van der Waals surface area contributed by atoms with Crippen LogP contribution in [0.5, 0.6) is 5.75 Å². The van der Waals surface area contributed by atoms with E-state index in [4.69, 9.17) is 4.74 Å². The van der Waals surface area contributed by atoms with Gasteiger partial charge in [-0.2, -0.15) is 0 Å². The second-order valence-electron chi connectivity index (χ2n) is 6.48. The van der Waals surface area contributed by atoms with Gasteiger partial charge in [-0.1, -0.05) is 24.3 Å². The van der Waals surface area contributed by atoms with E-state index < -0.39 is 0 Å². The van der Waals surface area contributed by atoms with Gasteiger partial charge in [-0.15, -0.1) is 0 Å². The fraction of sp³-hybridized carbons (Fsp3) is 0.227. The minimum Gasteiger partial charge on any atom is -0.494 e. The van der Waals surface area contributed by atoms with Crippen molar-refractivity contribution in [3.05, 3.63) is 70.8 Å². The van der Waals surface area contributed by atoms with E-state index in [0.29, 0.717) is 12.2 Å². The Labute approximate surface area is 147 Å². The van der Waals surface area contributed by atoms with Gasteiger partial charge in [0.2, 0.25) is 0 Å². The number of anilines is 1. The number of carbonyl (C=O) groups is 1. The minimum atomic E-state index is -0.0927. The number of ether oxygens (including phenoxy) is 1. The molecule has 0 radical (unpaired) electrons. The lowest BCUT2D eigenvalue weighted by atomic mass is 10.0. The van der Waals surface area contributed by atoms with Crippen molar-refractivity contribution in [3.63, 3.8) is 0 Å². The zero-order chi connectivity index (χ0) is 17.4. The molecule has 0 unspecified atom stereocenters. The highest BCUT2D eigenvalue weighted by atomic mass is 16.5. The zero-order valence-electron chi connectivity index (χ0n) is 14.6. The van der Waals surface area contributed by atoms with Gasteiger partial charge in [0.15, 0.2) is 0 Å². The van der Waals surface area contributed by atoms with Crippen molar-refractivity contribution in [2.24, 2.45) is 0 Å². The molecule has 1 aliphatic rings. The molecule has 3 aromatic carbocycles. The van der Waals surface area contributed by atoms with Crippen LogP contribution in [0, 0.1) is 6.92 Å². The summed E-state index contributed by atoms with van der Waals surface area (Å²) in [6.45, 7) is 4.53. The Morgan fingerprint density at radius 1 is 1.08 bits per heavy atom. The first-order chi connectivity index (χ1) is 12.2. The summed E-state index contributed by atoms with van der Waals surface area (Å²) in [7, 11) is 0. The molecule has 0 saturated carbocycles. The maximum atomic E-state index is 12.7. The highest BCUT2D eigenvalue weighted by molar-refractivity contribution is 6.10. The summed E-state index contributed by atoms with van der Waals surface area (Å²) in [6, 6.07) is 16.1. The molecule has 0 atom stereocenters. The van der Waals surface area contributed by atoms with Gasteiger partial charge in [0.05, 0.1) is 6.61 Å². The fourth-order valence-corrected chi connectivity index (χ4v) is 3.66. The van der Waals surface area contributed by atoms with Crippen LogP contribution in [0.1, 0.15) is 34.0 Å². The van der Waals surface area contributed by atoms with Crippen LogP contribution in [-0.4, -0.2) is 12.5 Å². The first kappa shape index (κ1) is 15.7. The van der Waals surface area contributed by atoms with Crippen molar-refractivity contribution in [2.45, 2.75) is 26.7 Å². The number of hydrogen-bond acceptors (Lipinski definition) is 2. The van der Waals surface area contributed by atoms with Crippen molar-refractivity contribution in [2.75, 3.05) is 11.9 Å². The number of amides is 1. The molecule has 0 spiro atoms. The third-order valence-corrected chi connectivity index (χ3v) is 4.86. The normalized spacial score (nSPS) is 12.4. The van der Waals surface area contributed by atoms with E-state index in [1.54, 1.807) is 0 Å². The van der Waals surface area contributed by atoms with Crippen LogP contribution < -0.4 is 10.1 Å². The Hall–Kier alpha value is -2.81. The summed E-state index contributed by atoms with van der Waals surface area (Å²) in [4.78, 5) is 12.7. The summed E-state index contributed by atoms with van der Waals surface area (Å²) in [5, 5.41) is 5.52. The van der Waals surface area contributed by atoms with Crippen LogP contribution in [0.2, 0.25) is 0 Å². The first-order valence-electron chi connectivity index (χ1n) is 8.75. The lowest BCUT2D eigenvalue weighted by molar-refractivity contribution is 0.102. The van der Waals surface area contributed by atoms with Crippen LogP contribution >= 0.6 is 0 Å². The maximum absolute atomic E-state index is 12.7. The van der Waals surface area contributed by atoms with Crippen molar-refractivity contribution in [3.8, 4) is 5.75 Å². The number of hydrogen-bond donors (Lipinski definition) is 1. The lowest BCUT2D eigenvalue weighted by Crippen LogP contribution is -2.12. The van der Waals surface area contributed by atoms with Gasteiger partial charge in [0.1, 0.15) is 5.75 Å². The smallest absolute Gasteiger partial charge is 0.255 e. The van der Waals surface area contributed by atoms with Crippen molar-refractivity contribution < 1.29 is 9.53 Å². The Balaban J connectivity index is 1.66. The number of rotatable bonds is 4. The van der Waals surface area contributed by atoms with Crippen molar-refractivity contribution in [1.29, 1.82) is 0 Å². The highest BCUT2D eigenvalue weighted by Gasteiger charge is 2.17. The van der Waals surface area contributed by atoms with Gasteiger partial charge in [-0.25, -0.2) is 0 Å². The molecular weight excluding hydrogens is 310 g/mol. The molecule has 126 valence electrons. The molecule has 0 saturated heterocycles. The standard InChI is InChI=1S/C22H21NO2/c1-3-25-20-12-10-17(13-14(20)2)22(24)23-19-11-9-16-8-7-15-5-4-6-18(19)21(15)16/h4-6,9-13H,3,7-8H2,1-2H3,(H,23,24). The van der Waals surface area contributed by atoms with E-state index in [9.17, 15) is 4.79 Å². The molecule has 1 amide bonds. The van der Waals surface area contributed by atoms with Crippen LogP contribution in [0.3, 0.4) is 0 Å². The molecule has 3 nitrogen and oxygen atoms in total. The predicted molar refractivity (Wildman–Crippen MR) is 102 cm³/mol. The van der Waals surface area contributed by atoms with E-state index >= 15 is 0 Å². The maximum Gasteiger partial charge on any atom is 0.255 e. The summed E-state index contributed by atoms with van der Waals surface area (Å²) >= 11 is 0. The van der Waals surface area contributed by atoms with E-state index in [0.717, 1.165) is 35.2 Å². The topological polar surface area (TPSA) is 38.3 Å². The molecule has 1 aliphatic carbocycles. The molecule has 0 fully saturated rings. The Morgan fingerprint density at radius 2 is 1.88 bits per heavy atom. The van der Waals surface area contributed by atoms with Gasteiger partial charge in [0.25, 0.3) is 5.91 Å². The minimum absolute atomic E-state index is 0.0927. The average Bonchev–Trinajstić information content (AvgIpc) is 3.04. The molecule has 0 bridgehead atoms. The number of benzene rings is 3. The van der Waals surface area contributed by atoms with Gasteiger partial charge in [0, 0.05) is 16.6 Å². The third kappa shape index (κ3) is 2.76. The molecule has 0 aliphatic heterocycles. The molecule has 3 aromatic rings. The van der Waals surface area contributed by atoms with Gasteiger partial charge in [-0.3, -0.25) is 4.79 Å². The van der Waals surface area contributed by atoms with E-state index in [1.807, 2.05) is 38.1 Å². The van der Waals surface area contributed by atoms with Crippen molar-refractivity contribution >= 4 is 22.4 Å². The molecule has 1 N–H and O–H groups in total. The molecular formula is C22H21NO2. The lowest BCUT2D eigenvalue weighted by Gasteiger charge is -2.12. The summed E-state index contributed by atoms with van der Waals surface area (Å²) < 4.78 is 5.55. The second kappa shape index (κ2) is 6.25. The van der Waals surface area contributed by atoms with Crippen LogP contribution in [0.4, 0.5) is 5.69 Å². The SMILES string of the molecule is CCOc1ccc(C(=O)Nc2ccc3c4c(cccc24)CC3)cc1C. The molecule has 0 heterocycles. The van der Waals surface area contributed by atoms with Gasteiger partial charge in [-0.05, 0) is 73.0 Å². The Morgan fingerprint density at radius 3 is 2.64 bits per heavy atom. The molecule has 4 rings (SSSR count). The van der Waals surface area contributed by atoms with Gasteiger partial charge >= 0.3 is 0 Å². The predicted octanol–water partition coefficient (Wildman–Crippen LogP) is 4.90. The third-order valence-electron chi connectivity index (χ3n) is 4.86. The molecule has 3 heteroatoms. The van der Waals surface area contributed by atoms with Crippen LogP contribution in [0.15, 0.2) is 48.5 Å². The van der Waals surface area contributed by atoms with Crippen LogP contribution in [0.25, 0.3) is 10.8 Å². The van der Waals surface area contributed by atoms with Crippen molar-refractivity contribution in [1.82, 2.24) is 0 Å². The largest absolute Gasteiger partial charge is 0.494 e. The second-order valence-corrected chi connectivity index (χ2v) is 6.48. The Bertz CT molecular complexity index is 965. The monoisotopic (exact) mass is 331 g/mol. The van der Waals surface area contributed by atoms with E-state index in [1.165, 1.54) is 16.5 Å². The van der Waals surface area contributed by atoms with E-state index in [-0.39, 0.29) is 5.91 Å².